The van der Waals surface area contributed by atoms with Gasteiger partial charge in [-0.25, -0.2) is 18.5 Å². The molecule has 4 aromatic rings. The molecule has 0 bridgehead atoms. The number of carbonyl (C=O) groups excluding carboxylic acids is 4. The fourth-order valence-electron chi connectivity index (χ4n) is 4.57. The van der Waals surface area contributed by atoms with Gasteiger partial charge in [-0.15, -0.1) is 11.8 Å². The van der Waals surface area contributed by atoms with Gasteiger partial charge in [0, 0.05) is 22.6 Å². The molecule has 5 rings (SSSR count). The van der Waals surface area contributed by atoms with Crippen molar-refractivity contribution in [3.8, 4) is 5.75 Å². The van der Waals surface area contributed by atoms with Crippen molar-refractivity contribution in [2.75, 3.05) is 17.3 Å². The number of hydrogen-bond donors (Lipinski definition) is 3. The molecular weight excluding hydrogens is 629 g/mol. The van der Waals surface area contributed by atoms with E-state index in [9.17, 15) is 27.6 Å². The van der Waals surface area contributed by atoms with Gasteiger partial charge in [-0.2, -0.15) is 0 Å². The Bertz CT molecular complexity index is 1930. The second-order valence-electron chi connectivity index (χ2n) is 10.1. The van der Waals surface area contributed by atoms with Gasteiger partial charge in [-0.05, 0) is 84.4 Å². The Kier molecular flexibility index (Phi) is 9.66. The predicted octanol–water partition coefficient (Wildman–Crippen LogP) is 4.18. The highest BCUT2D eigenvalue weighted by Crippen LogP contribution is 2.34. The lowest BCUT2D eigenvalue weighted by Gasteiger charge is -2.15. The molecule has 46 heavy (non-hydrogen) atoms. The number of primary sulfonamides is 1. The molecule has 0 radical (unpaired) electrons. The fraction of sp³-hybridized carbons (Fsp3) is 0.0909. The number of nitrogens with zero attached hydrogens (tertiary/aromatic N) is 1. The maximum absolute atomic E-state index is 13.4. The Morgan fingerprint density at radius 2 is 1.63 bits per heavy atom. The lowest BCUT2D eigenvalue weighted by Crippen LogP contribution is -2.31. The zero-order valence-electron chi connectivity index (χ0n) is 24.4. The zero-order valence-corrected chi connectivity index (χ0v) is 26.0. The molecule has 4 aromatic carbocycles. The number of carbonyl (C=O) groups is 4. The summed E-state index contributed by atoms with van der Waals surface area (Å²) in [5, 5.41) is 9.91. The molecule has 1 heterocycles. The predicted molar refractivity (Wildman–Crippen MR) is 175 cm³/mol. The first-order valence-electron chi connectivity index (χ1n) is 13.8. The van der Waals surface area contributed by atoms with Crippen LogP contribution in [-0.4, -0.2) is 44.4 Å². The van der Waals surface area contributed by atoms with Crippen molar-refractivity contribution in [2.45, 2.75) is 21.5 Å². The van der Waals surface area contributed by atoms with Gasteiger partial charge >= 0.3 is 0 Å². The summed E-state index contributed by atoms with van der Waals surface area (Å²) in [6, 6.07) is 27.4. The number of hydrogen-bond acceptors (Lipinski definition) is 8. The number of anilines is 2. The lowest BCUT2D eigenvalue weighted by atomic mass is 10.1. The average molecular weight is 657 g/mol. The minimum atomic E-state index is -3.92. The van der Waals surface area contributed by atoms with Crippen molar-refractivity contribution >= 4 is 62.9 Å². The molecule has 11 nitrogen and oxygen atoms in total. The Labute approximate surface area is 269 Å². The van der Waals surface area contributed by atoms with Crippen molar-refractivity contribution in [1.29, 1.82) is 0 Å². The van der Waals surface area contributed by atoms with Crippen molar-refractivity contribution in [1.82, 2.24) is 5.32 Å². The highest BCUT2D eigenvalue weighted by molar-refractivity contribution is 8.00. The first kappa shape index (κ1) is 32.2. The van der Waals surface area contributed by atoms with E-state index in [1.165, 1.54) is 43.1 Å². The van der Waals surface area contributed by atoms with Crippen LogP contribution in [0.15, 0.2) is 119 Å². The number of methoxy groups -OCH3 is 1. The summed E-state index contributed by atoms with van der Waals surface area (Å²) < 4.78 is 28.3. The van der Waals surface area contributed by atoms with Gasteiger partial charge in [-0.1, -0.05) is 30.3 Å². The van der Waals surface area contributed by atoms with Crippen molar-refractivity contribution in [3.63, 3.8) is 0 Å². The van der Waals surface area contributed by atoms with Crippen molar-refractivity contribution < 1.29 is 32.3 Å². The second-order valence-corrected chi connectivity index (χ2v) is 12.9. The van der Waals surface area contributed by atoms with Crippen LogP contribution in [0, 0.1) is 0 Å². The Balaban J connectivity index is 1.28. The summed E-state index contributed by atoms with van der Waals surface area (Å²) in [6.45, 7) is 0. The van der Waals surface area contributed by atoms with E-state index in [-0.39, 0.29) is 22.7 Å². The standard InChI is InChI=1S/C33H28N4O7S2/c1-44-25-9-5-6-21(18-25)19-28(36-31(39)22-7-3-2-4-8-22)32(40)35-23-10-14-26(15-11-23)45-29-20-30(38)37(33(29)41)24-12-16-27(17-13-24)46(34,42)43/h2-19,29H,20H2,1H3,(H,35,40)(H,36,39)(H2,34,42,43)/b28-19-. The quantitative estimate of drug-likeness (QED) is 0.169. The maximum Gasteiger partial charge on any atom is 0.272 e. The molecule has 1 aliphatic rings. The molecule has 0 spiro atoms. The lowest BCUT2D eigenvalue weighted by molar-refractivity contribution is -0.121. The van der Waals surface area contributed by atoms with Crippen LogP contribution in [0.2, 0.25) is 0 Å². The SMILES string of the molecule is COc1cccc(/C=C(\NC(=O)c2ccccc2)C(=O)Nc2ccc(SC3CC(=O)N(c4ccc(S(N)(=O)=O)cc4)C3=O)cc2)c1. The minimum Gasteiger partial charge on any atom is -0.497 e. The molecule has 1 saturated heterocycles. The van der Waals surface area contributed by atoms with Crippen molar-refractivity contribution in [2.24, 2.45) is 5.14 Å². The van der Waals surface area contributed by atoms with E-state index in [0.717, 1.165) is 4.90 Å². The maximum atomic E-state index is 13.4. The summed E-state index contributed by atoms with van der Waals surface area (Å²) >= 11 is 1.19. The average Bonchev–Trinajstić information content (AvgIpc) is 3.33. The van der Waals surface area contributed by atoms with E-state index in [0.29, 0.717) is 27.5 Å². The topological polar surface area (TPSA) is 165 Å². The van der Waals surface area contributed by atoms with Gasteiger partial charge in [0.1, 0.15) is 11.4 Å². The summed E-state index contributed by atoms with van der Waals surface area (Å²) in [5.74, 6) is -1.28. The molecule has 13 heteroatoms. The van der Waals surface area contributed by atoms with Gasteiger partial charge in [0.15, 0.2) is 0 Å². The zero-order chi connectivity index (χ0) is 32.8. The third kappa shape index (κ3) is 7.69. The van der Waals surface area contributed by atoms with Crippen molar-refractivity contribution in [3.05, 3.63) is 120 Å². The Morgan fingerprint density at radius 1 is 0.935 bits per heavy atom. The fourth-order valence-corrected chi connectivity index (χ4v) is 6.14. The molecule has 4 N–H and O–H groups in total. The Hall–Kier alpha value is -5.24. The number of thioether (sulfide) groups is 1. The molecule has 0 aromatic heterocycles. The third-order valence-electron chi connectivity index (χ3n) is 6.85. The van der Waals surface area contributed by atoms with E-state index in [1.54, 1.807) is 84.9 Å². The number of rotatable bonds is 10. The smallest absolute Gasteiger partial charge is 0.272 e. The van der Waals surface area contributed by atoms with Gasteiger partial charge < -0.3 is 15.4 Å². The molecule has 0 saturated carbocycles. The number of nitrogens with one attached hydrogen (secondary N) is 2. The van der Waals surface area contributed by atoms with E-state index >= 15 is 0 Å². The molecule has 1 unspecified atom stereocenters. The van der Waals surface area contributed by atoms with E-state index in [2.05, 4.69) is 10.6 Å². The number of ether oxygens (including phenoxy) is 1. The third-order valence-corrected chi connectivity index (χ3v) is 8.98. The normalized spacial score (nSPS) is 15.0. The number of benzene rings is 4. The van der Waals surface area contributed by atoms with Gasteiger partial charge in [0.05, 0.1) is 22.9 Å². The van der Waals surface area contributed by atoms with E-state index in [4.69, 9.17) is 9.88 Å². The first-order chi connectivity index (χ1) is 22.0. The van der Waals surface area contributed by atoms with Gasteiger partial charge in [-0.3, -0.25) is 19.2 Å². The number of nitrogens with two attached hydrogens (primary N) is 1. The van der Waals surface area contributed by atoms with Crippen LogP contribution in [0.5, 0.6) is 5.75 Å². The summed E-state index contributed by atoms with van der Waals surface area (Å²) in [6.07, 6.45) is 1.50. The van der Waals surface area contributed by atoms with Gasteiger partial charge in [0.25, 0.3) is 11.8 Å². The summed E-state index contributed by atoms with van der Waals surface area (Å²) in [4.78, 5) is 53.7. The monoisotopic (exact) mass is 656 g/mol. The summed E-state index contributed by atoms with van der Waals surface area (Å²) in [5.41, 5.74) is 1.71. The highest BCUT2D eigenvalue weighted by Gasteiger charge is 2.40. The van der Waals surface area contributed by atoms with Crippen LogP contribution in [-0.2, 0) is 24.4 Å². The van der Waals surface area contributed by atoms with Crippen LogP contribution in [0.4, 0.5) is 11.4 Å². The minimum absolute atomic E-state index is 0.00723. The molecular formula is C33H28N4O7S2. The number of sulfonamides is 1. The van der Waals surface area contributed by atoms with Crippen LogP contribution in [0.25, 0.3) is 6.08 Å². The largest absolute Gasteiger partial charge is 0.497 e. The highest BCUT2D eigenvalue weighted by atomic mass is 32.2. The molecule has 1 atom stereocenters. The Morgan fingerprint density at radius 3 is 2.28 bits per heavy atom. The first-order valence-corrected chi connectivity index (χ1v) is 16.2. The van der Waals surface area contributed by atoms with E-state index in [1.807, 2.05) is 0 Å². The molecule has 1 fully saturated rings. The van der Waals surface area contributed by atoms with Gasteiger partial charge in [0.2, 0.25) is 21.8 Å². The van der Waals surface area contributed by atoms with Crippen LogP contribution < -0.4 is 25.4 Å². The van der Waals surface area contributed by atoms with Crippen LogP contribution >= 0.6 is 11.8 Å². The van der Waals surface area contributed by atoms with E-state index < -0.39 is 38.9 Å². The molecule has 0 aliphatic carbocycles. The van der Waals surface area contributed by atoms with Crippen LogP contribution in [0.3, 0.4) is 0 Å². The molecule has 1 aliphatic heterocycles. The molecule has 4 amide bonds. The number of imide groups is 1. The summed E-state index contributed by atoms with van der Waals surface area (Å²) in [7, 11) is -2.39. The van der Waals surface area contributed by atoms with Crippen LogP contribution in [0.1, 0.15) is 22.3 Å². The molecule has 234 valence electrons. The second kappa shape index (κ2) is 13.8. The number of amides is 4.